The van der Waals surface area contributed by atoms with Crippen LogP contribution in [0.5, 0.6) is 0 Å². The molecule has 7 nitrogen and oxygen atoms in total. The molecule has 3 fully saturated rings. The molecule has 3 amide bonds. The maximum atomic E-state index is 14.7. The number of amides is 3. The lowest BCUT2D eigenvalue weighted by Crippen LogP contribution is -2.57. The highest BCUT2D eigenvalue weighted by atomic mass is 35.5. The predicted octanol–water partition coefficient (Wildman–Crippen LogP) is 4.94. The lowest BCUT2D eigenvalue weighted by molar-refractivity contribution is -0.146. The van der Waals surface area contributed by atoms with Gasteiger partial charge in [0.1, 0.15) is 6.04 Å². The van der Waals surface area contributed by atoms with E-state index in [9.17, 15) is 19.5 Å². The van der Waals surface area contributed by atoms with Crippen molar-refractivity contribution >= 4 is 46.8 Å². The van der Waals surface area contributed by atoms with Gasteiger partial charge in [0.15, 0.2) is 0 Å². The molecule has 1 N–H and O–H groups in total. The molecule has 6 atom stereocenters. The van der Waals surface area contributed by atoms with Gasteiger partial charge in [0.2, 0.25) is 11.8 Å². The van der Waals surface area contributed by atoms with Crippen molar-refractivity contribution in [2.75, 3.05) is 24.6 Å². The van der Waals surface area contributed by atoms with E-state index in [1.165, 1.54) is 0 Å². The maximum Gasteiger partial charge on any atom is 0.251 e. The summed E-state index contributed by atoms with van der Waals surface area (Å²) < 4.78 is -1.34. The number of thioether (sulfide) groups is 1. The Morgan fingerprint density at radius 2 is 1.76 bits per heavy atom. The first-order valence-electron chi connectivity index (χ1n) is 14.4. The first-order chi connectivity index (χ1) is 20.1. The first-order valence-corrected chi connectivity index (χ1v) is 15.6. The number of aliphatic hydroxyl groups is 1. The zero-order valence-electron chi connectivity index (χ0n) is 24.1. The minimum Gasteiger partial charge on any atom is -0.394 e. The molecule has 1 spiro atoms. The smallest absolute Gasteiger partial charge is 0.251 e. The molecule has 0 saturated carbocycles. The fraction of sp³-hybridized carbons (Fsp3) is 0.424. The lowest BCUT2D eigenvalue weighted by Gasteiger charge is -2.39. The summed E-state index contributed by atoms with van der Waals surface area (Å²) in [5.74, 6) is -1.95. The number of likely N-dealkylation sites (tertiary alicyclic amines) is 1. The second kappa shape index (κ2) is 11.9. The van der Waals surface area contributed by atoms with Crippen LogP contribution in [0.15, 0.2) is 79.9 Å². The number of benzene rings is 2. The molecule has 3 heterocycles. The third-order valence-electron chi connectivity index (χ3n) is 9.05. The van der Waals surface area contributed by atoms with Gasteiger partial charge < -0.3 is 19.8 Å². The van der Waals surface area contributed by atoms with Gasteiger partial charge in [0.05, 0.1) is 39.9 Å². The van der Waals surface area contributed by atoms with Crippen molar-refractivity contribution in [3.63, 3.8) is 0 Å². The Labute approximate surface area is 257 Å². The van der Waals surface area contributed by atoms with Crippen molar-refractivity contribution in [3.8, 4) is 0 Å². The zero-order chi connectivity index (χ0) is 30.2. The van der Waals surface area contributed by atoms with Gasteiger partial charge in [-0.3, -0.25) is 14.4 Å². The minimum atomic E-state index is -0.875. The molecule has 42 heavy (non-hydrogen) atoms. The molecule has 0 radical (unpaired) electrons. The third kappa shape index (κ3) is 4.87. The van der Waals surface area contributed by atoms with E-state index in [-0.39, 0.29) is 30.9 Å². The van der Waals surface area contributed by atoms with E-state index >= 15 is 0 Å². The summed E-state index contributed by atoms with van der Waals surface area (Å²) in [6.45, 7) is 12.2. The minimum absolute atomic E-state index is 0.104. The molecule has 0 aliphatic carbocycles. The second-order valence-electron chi connectivity index (χ2n) is 11.7. The molecular formula is C33H38ClN3O4S. The summed E-state index contributed by atoms with van der Waals surface area (Å²) >= 11 is 8.17. The second-order valence-corrected chi connectivity index (χ2v) is 14.0. The number of hydrogen-bond donors (Lipinski definition) is 1. The Morgan fingerprint density at radius 3 is 2.40 bits per heavy atom. The Kier molecular flexibility index (Phi) is 8.61. The van der Waals surface area contributed by atoms with Crippen LogP contribution in [0.3, 0.4) is 0 Å². The topological polar surface area (TPSA) is 81.2 Å². The number of halogens is 1. The number of carbonyl (C=O) groups excluding carboxylic acids is 3. The molecule has 2 unspecified atom stereocenters. The molecule has 9 heteroatoms. The van der Waals surface area contributed by atoms with Crippen LogP contribution >= 0.6 is 23.4 Å². The van der Waals surface area contributed by atoms with Crippen molar-refractivity contribution in [1.82, 2.24) is 9.80 Å². The number of anilines is 1. The first kappa shape index (κ1) is 30.4. The number of rotatable bonds is 11. The largest absolute Gasteiger partial charge is 0.394 e. The van der Waals surface area contributed by atoms with Gasteiger partial charge in [-0.1, -0.05) is 66.2 Å². The van der Waals surface area contributed by atoms with Crippen LogP contribution in [0, 0.1) is 11.8 Å². The van der Waals surface area contributed by atoms with Gasteiger partial charge in [-0.05, 0) is 44.4 Å². The normalized spacial score (nSPS) is 28.3. The fourth-order valence-electron chi connectivity index (χ4n) is 7.22. The monoisotopic (exact) mass is 607 g/mol. The summed E-state index contributed by atoms with van der Waals surface area (Å²) in [5, 5.41) is 10.7. The highest BCUT2D eigenvalue weighted by molar-refractivity contribution is 8.02. The maximum absolute atomic E-state index is 14.7. The Morgan fingerprint density at radius 1 is 1.10 bits per heavy atom. The fourth-order valence-corrected chi connectivity index (χ4v) is 9.79. The molecule has 222 valence electrons. The standard InChI is InChI=1S/C33H38ClN3O4S/c1-5-18-35(20-23-12-8-7-9-13-23)29(39)26-27-30(40)37(22(3)21-38)28(33(27)17-16-32(26,4)42-33)31(41)36(19-6-2)25-15-11-10-14-24(25)34/h5-15,22,26-28,38H,1-2,16-21H2,3-4H3/t22-,26-,27+,28?,32+,33?/m1/s1. The van der Waals surface area contributed by atoms with E-state index < -0.39 is 33.4 Å². The zero-order valence-corrected chi connectivity index (χ0v) is 25.7. The van der Waals surface area contributed by atoms with Crippen LogP contribution in [0.4, 0.5) is 5.69 Å². The van der Waals surface area contributed by atoms with Crippen LogP contribution in [0.1, 0.15) is 32.3 Å². The van der Waals surface area contributed by atoms with Crippen molar-refractivity contribution in [3.05, 3.63) is 90.5 Å². The molecule has 3 aliphatic heterocycles. The van der Waals surface area contributed by atoms with Gasteiger partial charge in [-0.25, -0.2) is 0 Å². The molecule has 3 aliphatic rings. The summed E-state index contributed by atoms with van der Waals surface area (Å²) in [6, 6.07) is 15.4. The van der Waals surface area contributed by atoms with Gasteiger partial charge in [-0.15, -0.1) is 24.9 Å². The Balaban J connectivity index is 1.58. The van der Waals surface area contributed by atoms with Crippen LogP contribution in [-0.2, 0) is 20.9 Å². The highest BCUT2D eigenvalue weighted by Crippen LogP contribution is 2.72. The SMILES string of the molecule is C=CCN(Cc1ccccc1)C(=O)[C@H]1[C@H]2C(=O)N([C@H](C)CO)C(C(=O)N(CC=C)c3ccccc3Cl)C23CC[C@]1(C)S3. The van der Waals surface area contributed by atoms with E-state index in [0.717, 1.165) is 5.56 Å². The van der Waals surface area contributed by atoms with E-state index in [2.05, 4.69) is 20.1 Å². The third-order valence-corrected chi connectivity index (χ3v) is 11.4. The van der Waals surface area contributed by atoms with Crippen LogP contribution in [0.25, 0.3) is 0 Å². The van der Waals surface area contributed by atoms with Gasteiger partial charge in [0, 0.05) is 24.4 Å². The molecular weight excluding hydrogens is 570 g/mol. The lowest BCUT2D eigenvalue weighted by atomic mass is 9.66. The quantitative estimate of drug-likeness (QED) is 0.366. The van der Waals surface area contributed by atoms with E-state index in [4.69, 9.17) is 11.6 Å². The number of carbonyl (C=O) groups is 3. The molecule has 2 bridgehead atoms. The van der Waals surface area contributed by atoms with Crippen molar-refractivity contribution in [2.45, 2.75) is 54.8 Å². The molecule has 2 aromatic rings. The van der Waals surface area contributed by atoms with Crippen LogP contribution < -0.4 is 4.90 Å². The highest BCUT2D eigenvalue weighted by Gasteiger charge is 2.78. The average Bonchev–Trinajstić information content (AvgIpc) is 3.56. The van der Waals surface area contributed by atoms with E-state index in [1.54, 1.807) is 63.7 Å². The van der Waals surface area contributed by atoms with Gasteiger partial charge in [0.25, 0.3) is 5.91 Å². The van der Waals surface area contributed by atoms with E-state index in [0.29, 0.717) is 36.6 Å². The Bertz CT molecular complexity index is 1390. The van der Waals surface area contributed by atoms with Gasteiger partial charge in [-0.2, -0.15) is 0 Å². The van der Waals surface area contributed by atoms with Crippen molar-refractivity contribution in [1.29, 1.82) is 0 Å². The molecule has 3 saturated heterocycles. The molecule has 0 aromatic heterocycles. The molecule has 5 rings (SSSR count). The number of aliphatic hydroxyl groups excluding tert-OH is 1. The summed E-state index contributed by atoms with van der Waals surface area (Å²) in [7, 11) is 0. The number of hydrogen-bond acceptors (Lipinski definition) is 5. The summed E-state index contributed by atoms with van der Waals surface area (Å²) in [4.78, 5) is 48.5. The number of para-hydroxylation sites is 1. The average molecular weight is 608 g/mol. The van der Waals surface area contributed by atoms with Crippen molar-refractivity contribution < 1.29 is 19.5 Å². The Hall–Kier alpha value is -3.07. The van der Waals surface area contributed by atoms with Crippen LogP contribution in [-0.4, -0.2) is 73.9 Å². The van der Waals surface area contributed by atoms with E-state index in [1.807, 2.05) is 36.4 Å². The molecule has 2 aromatic carbocycles. The van der Waals surface area contributed by atoms with Gasteiger partial charge >= 0.3 is 0 Å². The summed E-state index contributed by atoms with van der Waals surface area (Å²) in [5.41, 5.74) is 1.52. The van der Waals surface area contributed by atoms with Crippen LogP contribution in [0.2, 0.25) is 5.02 Å². The predicted molar refractivity (Wildman–Crippen MR) is 168 cm³/mol. The number of fused-ring (bicyclic) bond motifs is 1. The summed E-state index contributed by atoms with van der Waals surface area (Å²) in [6.07, 6.45) is 4.66. The number of nitrogens with zero attached hydrogens (tertiary/aromatic N) is 3. The van der Waals surface area contributed by atoms with Crippen molar-refractivity contribution in [2.24, 2.45) is 11.8 Å².